The molecule has 5 rings (SSSR count). The molecule has 2 heterocycles. The van der Waals surface area contributed by atoms with Crippen LogP contribution in [0.4, 0.5) is 0 Å². The summed E-state index contributed by atoms with van der Waals surface area (Å²) in [7, 11) is 0. The van der Waals surface area contributed by atoms with Crippen molar-refractivity contribution in [3.8, 4) is 16.9 Å². The van der Waals surface area contributed by atoms with Crippen LogP contribution in [0.2, 0.25) is 0 Å². The van der Waals surface area contributed by atoms with Crippen molar-refractivity contribution >= 4 is 17.7 Å². The Morgan fingerprint density at radius 1 is 1.00 bits per heavy atom. The molecule has 5 nitrogen and oxygen atoms in total. The van der Waals surface area contributed by atoms with Crippen LogP contribution in [0.15, 0.2) is 102 Å². The SMILES string of the molecule is O=C(NC[C@H]1CCCO1)[C@@H](Sc1ncc(-c2ccccc2)n1-c1ccccc1)c1ccccc1. The molecule has 1 saturated heterocycles. The molecule has 1 fully saturated rings. The van der Waals surface area contributed by atoms with Crippen LogP contribution in [0, 0.1) is 0 Å². The van der Waals surface area contributed by atoms with Crippen molar-refractivity contribution in [2.75, 3.05) is 13.2 Å². The second kappa shape index (κ2) is 10.7. The lowest BCUT2D eigenvalue weighted by Crippen LogP contribution is -2.34. The summed E-state index contributed by atoms with van der Waals surface area (Å²) >= 11 is 1.47. The van der Waals surface area contributed by atoms with E-state index in [0.29, 0.717) is 6.54 Å². The van der Waals surface area contributed by atoms with Crippen LogP contribution in [0.1, 0.15) is 23.7 Å². The predicted molar refractivity (Wildman–Crippen MR) is 136 cm³/mol. The first kappa shape index (κ1) is 22.4. The summed E-state index contributed by atoms with van der Waals surface area (Å²) in [6.45, 7) is 1.30. The molecule has 0 bridgehead atoms. The van der Waals surface area contributed by atoms with Crippen molar-refractivity contribution in [2.45, 2.75) is 29.4 Å². The zero-order valence-electron chi connectivity index (χ0n) is 18.8. The van der Waals surface area contributed by atoms with E-state index < -0.39 is 5.25 Å². The van der Waals surface area contributed by atoms with Crippen molar-refractivity contribution in [3.63, 3.8) is 0 Å². The van der Waals surface area contributed by atoms with Crippen LogP contribution < -0.4 is 5.32 Å². The van der Waals surface area contributed by atoms with E-state index >= 15 is 0 Å². The third-order valence-corrected chi connectivity index (χ3v) is 7.13. The molecule has 3 aromatic carbocycles. The van der Waals surface area contributed by atoms with E-state index in [2.05, 4.69) is 34.1 Å². The number of carbonyl (C=O) groups is 1. The Morgan fingerprint density at radius 2 is 1.68 bits per heavy atom. The molecule has 34 heavy (non-hydrogen) atoms. The molecule has 6 heteroatoms. The molecule has 4 aromatic rings. The molecule has 1 aliphatic rings. The molecule has 1 N–H and O–H groups in total. The van der Waals surface area contributed by atoms with Gasteiger partial charge in [-0.2, -0.15) is 0 Å². The molecule has 1 amide bonds. The molecule has 0 spiro atoms. The predicted octanol–water partition coefficient (Wildman–Crippen LogP) is 5.67. The summed E-state index contributed by atoms with van der Waals surface area (Å²) < 4.78 is 7.83. The van der Waals surface area contributed by atoms with Crippen LogP contribution in [-0.2, 0) is 9.53 Å². The number of aromatic nitrogens is 2. The Hall–Kier alpha value is -3.35. The largest absolute Gasteiger partial charge is 0.376 e. The van der Waals surface area contributed by atoms with Gasteiger partial charge in [0.15, 0.2) is 5.16 Å². The van der Waals surface area contributed by atoms with E-state index in [4.69, 9.17) is 9.72 Å². The highest BCUT2D eigenvalue weighted by atomic mass is 32.2. The fourth-order valence-electron chi connectivity index (χ4n) is 4.18. The highest BCUT2D eigenvalue weighted by Crippen LogP contribution is 2.38. The van der Waals surface area contributed by atoms with Gasteiger partial charge in [-0.25, -0.2) is 4.98 Å². The first-order chi connectivity index (χ1) is 16.8. The van der Waals surface area contributed by atoms with Crippen molar-refractivity contribution in [1.29, 1.82) is 0 Å². The minimum absolute atomic E-state index is 0.0319. The first-order valence-electron chi connectivity index (χ1n) is 11.6. The van der Waals surface area contributed by atoms with Crippen LogP contribution in [0.25, 0.3) is 16.9 Å². The van der Waals surface area contributed by atoms with Crippen molar-refractivity contribution in [3.05, 3.63) is 103 Å². The number of carbonyl (C=O) groups excluding carboxylic acids is 1. The maximum atomic E-state index is 13.4. The summed E-state index contributed by atoms with van der Waals surface area (Å²) in [6, 6.07) is 30.3. The van der Waals surface area contributed by atoms with Gasteiger partial charge >= 0.3 is 0 Å². The third kappa shape index (κ3) is 5.08. The standard InChI is InChI=1S/C28H27N3O2S/c32-27(29-19-24-17-10-18-33-24)26(22-13-6-2-7-14-22)34-28-30-20-25(21-11-4-1-5-12-21)31(28)23-15-8-3-9-16-23/h1-9,11-16,20,24,26H,10,17-19H2,(H,29,32)/t24-,26+/m1/s1. The Labute approximate surface area is 204 Å². The monoisotopic (exact) mass is 469 g/mol. The minimum atomic E-state index is -0.434. The maximum absolute atomic E-state index is 13.4. The van der Waals surface area contributed by atoms with Crippen LogP contribution >= 0.6 is 11.8 Å². The average Bonchev–Trinajstić information content (AvgIpc) is 3.57. The van der Waals surface area contributed by atoms with E-state index in [0.717, 1.165) is 47.1 Å². The Kier molecular flexibility index (Phi) is 7.08. The van der Waals surface area contributed by atoms with E-state index in [1.54, 1.807) is 0 Å². The minimum Gasteiger partial charge on any atom is -0.376 e. The van der Waals surface area contributed by atoms with Crippen molar-refractivity contribution in [2.24, 2.45) is 0 Å². The van der Waals surface area contributed by atoms with E-state index in [1.807, 2.05) is 72.9 Å². The van der Waals surface area contributed by atoms with Gasteiger partial charge in [0.2, 0.25) is 5.91 Å². The fourth-order valence-corrected chi connectivity index (χ4v) is 5.29. The second-order valence-electron chi connectivity index (χ2n) is 8.25. The highest BCUT2D eigenvalue weighted by molar-refractivity contribution is 8.00. The first-order valence-corrected chi connectivity index (χ1v) is 12.5. The molecular weight excluding hydrogens is 442 g/mol. The van der Waals surface area contributed by atoms with Crippen molar-refractivity contribution in [1.82, 2.24) is 14.9 Å². The summed E-state index contributed by atoms with van der Waals surface area (Å²) in [5.41, 5.74) is 4.01. The number of nitrogens with zero attached hydrogens (tertiary/aromatic N) is 2. The zero-order chi connectivity index (χ0) is 23.2. The number of rotatable bonds is 8. The van der Waals surface area contributed by atoms with Gasteiger partial charge < -0.3 is 10.1 Å². The molecular formula is C28H27N3O2S. The number of ether oxygens (including phenoxy) is 1. The highest BCUT2D eigenvalue weighted by Gasteiger charge is 2.27. The Morgan fingerprint density at radius 3 is 2.35 bits per heavy atom. The molecule has 1 aromatic heterocycles. The number of benzene rings is 3. The molecule has 172 valence electrons. The van der Waals surface area contributed by atoms with Gasteiger partial charge in [-0.3, -0.25) is 9.36 Å². The lowest BCUT2D eigenvalue weighted by molar-refractivity contribution is -0.121. The molecule has 2 atom stereocenters. The van der Waals surface area contributed by atoms with Gasteiger partial charge in [0.1, 0.15) is 5.25 Å². The van der Waals surface area contributed by atoms with Crippen molar-refractivity contribution < 1.29 is 9.53 Å². The number of amides is 1. The van der Waals surface area contributed by atoms with Gasteiger partial charge in [-0.05, 0) is 30.5 Å². The number of hydrogen-bond donors (Lipinski definition) is 1. The van der Waals surface area contributed by atoms with Gasteiger partial charge in [0.25, 0.3) is 0 Å². The van der Waals surface area contributed by atoms with Crippen LogP contribution in [0.5, 0.6) is 0 Å². The summed E-state index contributed by atoms with van der Waals surface area (Å²) in [6.07, 6.45) is 4.02. The van der Waals surface area contributed by atoms with Crippen LogP contribution in [-0.4, -0.2) is 34.7 Å². The lowest BCUT2D eigenvalue weighted by Gasteiger charge is -2.19. The van der Waals surface area contributed by atoms with E-state index in [1.165, 1.54) is 11.8 Å². The molecule has 0 aliphatic carbocycles. The normalized spacial score (nSPS) is 16.3. The zero-order valence-corrected chi connectivity index (χ0v) is 19.7. The summed E-state index contributed by atoms with van der Waals surface area (Å²) in [5, 5.41) is 3.45. The summed E-state index contributed by atoms with van der Waals surface area (Å²) in [5.74, 6) is -0.0319. The topological polar surface area (TPSA) is 56.1 Å². The van der Waals surface area contributed by atoms with Gasteiger partial charge in [0.05, 0.1) is 18.0 Å². The second-order valence-corrected chi connectivity index (χ2v) is 9.32. The molecule has 0 saturated carbocycles. The number of nitrogens with one attached hydrogen (secondary N) is 1. The average molecular weight is 470 g/mol. The fraction of sp³-hybridized carbons (Fsp3) is 0.214. The van der Waals surface area contributed by atoms with Gasteiger partial charge in [0, 0.05) is 24.4 Å². The smallest absolute Gasteiger partial charge is 0.238 e. The van der Waals surface area contributed by atoms with E-state index in [-0.39, 0.29) is 12.0 Å². The molecule has 0 radical (unpaired) electrons. The molecule has 0 unspecified atom stereocenters. The van der Waals surface area contributed by atoms with Gasteiger partial charge in [-0.15, -0.1) is 0 Å². The number of para-hydroxylation sites is 1. The summed E-state index contributed by atoms with van der Waals surface area (Å²) in [4.78, 5) is 18.2. The van der Waals surface area contributed by atoms with Crippen LogP contribution in [0.3, 0.4) is 0 Å². The quantitative estimate of drug-likeness (QED) is 0.338. The third-order valence-electron chi connectivity index (χ3n) is 5.91. The Balaban J connectivity index is 1.49. The number of imidazole rings is 1. The number of hydrogen-bond acceptors (Lipinski definition) is 4. The Bertz CT molecular complexity index is 1210. The van der Waals surface area contributed by atoms with E-state index in [9.17, 15) is 4.79 Å². The maximum Gasteiger partial charge on any atom is 0.238 e. The molecule has 1 aliphatic heterocycles. The van der Waals surface area contributed by atoms with Gasteiger partial charge in [-0.1, -0.05) is 90.6 Å². The lowest BCUT2D eigenvalue weighted by atomic mass is 10.1. The number of thioether (sulfide) groups is 1.